The van der Waals surface area contributed by atoms with Gasteiger partial charge in [-0.1, -0.05) is 45.0 Å². The van der Waals surface area contributed by atoms with Gasteiger partial charge < -0.3 is 44.7 Å². The second-order valence-corrected chi connectivity index (χ2v) is 16.0. The van der Waals surface area contributed by atoms with Gasteiger partial charge in [-0.25, -0.2) is 9.78 Å². The number of nitrogens with zero attached hydrogens (tertiary/aromatic N) is 1. The standard InChI is InChI=1S/C38H58N4O10S/c1-25-33(53-24-41-25)27-10-8-26(9-11-27)22-40-35(46)30-21-28(43)20-29(30)32(45)34(37(2,3)4)42-31(44)23-51-19-18-50-17-16-49-15-14-48-13-12-39-36(47)52-38(5,6)7/h8-11,24,28-30,34,43H,12-23H2,1-7H3,(H,39,47)(H,40,46)(H,42,44)/t28-,29?,30+,34+/m0/s1. The first-order chi connectivity index (χ1) is 25.0. The summed E-state index contributed by atoms with van der Waals surface area (Å²) in [6, 6.07) is 7.01. The first kappa shape index (κ1) is 43.9. The van der Waals surface area contributed by atoms with Crippen molar-refractivity contribution in [3.63, 3.8) is 0 Å². The molecule has 1 aliphatic carbocycles. The fraction of sp³-hybridized carbons (Fsp3) is 0.658. The number of ether oxygens (including phenoxy) is 5. The monoisotopic (exact) mass is 762 g/mol. The third-order valence-corrected chi connectivity index (χ3v) is 9.37. The minimum absolute atomic E-state index is 0.153. The van der Waals surface area contributed by atoms with Crippen LogP contribution in [0.2, 0.25) is 0 Å². The molecule has 1 aromatic heterocycles. The summed E-state index contributed by atoms with van der Waals surface area (Å²) < 4.78 is 27.0. The summed E-state index contributed by atoms with van der Waals surface area (Å²) in [7, 11) is 0. The molecule has 0 aliphatic heterocycles. The lowest BCUT2D eigenvalue weighted by Gasteiger charge is -2.33. The fourth-order valence-electron chi connectivity index (χ4n) is 5.78. The van der Waals surface area contributed by atoms with Crippen LogP contribution in [-0.2, 0) is 44.6 Å². The van der Waals surface area contributed by atoms with Crippen molar-refractivity contribution in [3.8, 4) is 10.4 Å². The zero-order valence-electron chi connectivity index (χ0n) is 32.2. The van der Waals surface area contributed by atoms with Crippen LogP contribution in [0.1, 0.15) is 65.6 Å². The highest BCUT2D eigenvalue weighted by Crippen LogP contribution is 2.36. The van der Waals surface area contributed by atoms with E-state index in [0.29, 0.717) is 39.6 Å². The molecule has 0 radical (unpaired) electrons. The van der Waals surface area contributed by atoms with Crippen LogP contribution in [0, 0.1) is 24.2 Å². The zero-order valence-corrected chi connectivity index (χ0v) is 33.0. The van der Waals surface area contributed by atoms with Crippen LogP contribution in [-0.4, -0.2) is 111 Å². The molecular weight excluding hydrogens is 705 g/mol. The second kappa shape index (κ2) is 21.4. The number of amides is 3. The van der Waals surface area contributed by atoms with Crippen LogP contribution >= 0.6 is 11.3 Å². The number of hydrogen-bond donors (Lipinski definition) is 4. The lowest BCUT2D eigenvalue weighted by molar-refractivity contribution is -0.138. The molecule has 2 aromatic rings. The predicted molar refractivity (Wildman–Crippen MR) is 200 cm³/mol. The van der Waals surface area contributed by atoms with E-state index in [4.69, 9.17) is 23.7 Å². The number of thiazole rings is 1. The number of aliphatic hydroxyl groups is 1. The molecule has 4 atom stereocenters. The van der Waals surface area contributed by atoms with E-state index in [0.717, 1.165) is 21.7 Å². The maximum atomic E-state index is 13.9. The first-order valence-corrected chi connectivity index (χ1v) is 19.0. The van der Waals surface area contributed by atoms with E-state index in [1.54, 1.807) is 32.1 Å². The Bertz CT molecular complexity index is 1450. The molecule has 3 rings (SSSR count). The Morgan fingerprint density at radius 1 is 0.849 bits per heavy atom. The number of nitrogens with one attached hydrogen (secondary N) is 3. The summed E-state index contributed by atoms with van der Waals surface area (Å²) in [6.07, 6.45) is -0.953. The average molecular weight is 763 g/mol. The molecule has 1 fully saturated rings. The first-order valence-electron chi connectivity index (χ1n) is 18.1. The predicted octanol–water partition coefficient (Wildman–Crippen LogP) is 3.81. The van der Waals surface area contributed by atoms with Crippen molar-refractivity contribution < 1.29 is 48.0 Å². The van der Waals surface area contributed by atoms with Crippen LogP contribution in [0.25, 0.3) is 10.4 Å². The van der Waals surface area contributed by atoms with Crippen molar-refractivity contribution in [2.75, 3.05) is 59.4 Å². The smallest absolute Gasteiger partial charge is 0.407 e. The summed E-state index contributed by atoms with van der Waals surface area (Å²) in [6.45, 7) is 15.4. The molecule has 0 saturated heterocycles. The molecule has 1 aliphatic rings. The third kappa shape index (κ3) is 15.8. The number of carbonyl (C=O) groups excluding carboxylic acids is 4. The average Bonchev–Trinajstić information content (AvgIpc) is 3.70. The molecule has 53 heavy (non-hydrogen) atoms. The van der Waals surface area contributed by atoms with Crippen LogP contribution < -0.4 is 16.0 Å². The molecule has 1 aromatic carbocycles. The summed E-state index contributed by atoms with van der Waals surface area (Å²) in [5, 5.41) is 18.9. The number of rotatable bonds is 21. The van der Waals surface area contributed by atoms with Crippen LogP contribution in [0.3, 0.4) is 0 Å². The van der Waals surface area contributed by atoms with Gasteiger partial charge in [-0.2, -0.15) is 0 Å². The molecule has 14 nitrogen and oxygen atoms in total. The van der Waals surface area contributed by atoms with Gasteiger partial charge in [-0.15, -0.1) is 11.3 Å². The van der Waals surface area contributed by atoms with Gasteiger partial charge in [0.25, 0.3) is 0 Å². The minimum atomic E-state index is -0.884. The molecule has 1 unspecified atom stereocenters. The Hall–Kier alpha value is -3.47. The molecular formula is C38H58N4O10S. The van der Waals surface area contributed by atoms with Gasteiger partial charge in [0.15, 0.2) is 5.78 Å². The Balaban J connectivity index is 1.32. The molecule has 3 amide bonds. The number of carbonyl (C=O) groups is 4. The second-order valence-electron chi connectivity index (χ2n) is 15.1. The van der Waals surface area contributed by atoms with Crippen molar-refractivity contribution in [1.29, 1.82) is 0 Å². The van der Waals surface area contributed by atoms with Crippen molar-refractivity contribution >= 4 is 35.0 Å². The lowest BCUT2D eigenvalue weighted by Crippen LogP contribution is -2.53. The highest BCUT2D eigenvalue weighted by atomic mass is 32.1. The number of aromatic nitrogens is 1. The molecule has 0 spiro atoms. The van der Waals surface area contributed by atoms with Crippen molar-refractivity contribution in [2.24, 2.45) is 17.3 Å². The van der Waals surface area contributed by atoms with Crippen molar-refractivity contribution in [1.82, 2.24) is 20.9 Å². The Labute approximate surface area is 317 Å². The zero-order chi connectivity index (χ0) is 39.0. The van der Waals surface area contributed by atoms with Crippen LogP contribution in [0.15, 0.2) is 29.8 Å². The van der Waals surface area contributed by atoms with Gasteiger partial charge in [0.05, 0.1) is 80.4 Å². The van der Waals surface area contributed by atoms with Gasteiger partial charge >= 0.3 is 6.09 Å². The number of alkyl carbamates (subject to hydrolysis) is 1. The number of hydrogen-bond acceptors (Lipinski definition) is 12. The maximum absolute atomic E-state index is 13.9. The Morgan fingerprint density at radius 3 is 2.00 bits per heavy atom. The van der Waals surface area contributed by atoms with Gasteiger partial charge in [-0.05, 0) is 57.1 Å². The minimum Gasteiger partial charge on any atom is -0.444 e. The van der Waals surface area contributed by atoms with E-state index >= 15 is 0 Å². The Kier molecular flexibility index (Phi) is 17.8. The van der Waals surface area contributed by atoms with Crippen LogP contribution in [0.4, 0.5) is 4.79 Å². The normalized spacial score (nSPS) is 18.0. The van der Waals surface area contributed by atoms with Crippen molar-refractivity contribution in [3.05, 3.63) is 41.0 Å². The summed E-state index contributed by atoms with van der Waals surface area (Å²) in [5.41, 5.74) is 3.55. The van der Waals surface area contributed by atoms with Gasteiger partial charge in [0, 0.05) is 19.0 Å². The number of aliphatic hydroxyl groups excluding tert-OH is 1. The topological polar surface area (TPSA) is 184 Å². The lowest BCUT2D eigenvalue weighted by atomic mass is 9.77. The van der Waals surface area contributed by atoms with E-state index in [1.807, 2.05) is 57.5 Å². The number of aryl methyl sites for hydroxylation is 1. The van der Waals surface area contributed by atoms with E-state index in [2.05, 4.69) is 20.9 Å². The quantitative estimate of drug-likeness (QED) is 0.136. The molecule has 1 saturated carbocycles. The van der Waals surface area contributed by atoms with Gasteiger partial charge in [0.1, 0.15) is 12.2 Å². The van der Waals surface area contributed by atoms with Gasteiger partial charge in [-0.3, -0.25) is 14.4 Å². The largest absolute Gasteiger partial charge is 0.444 e. The maximum Gasteiger partial charge on any atom is 0.407 e. The summed E-state index contributed by atoms with van der Waals surface area (Å²) in [4.78, 5) is 57.1. The van der Waals surface area contributed by atoms with E-state index in [-0.39, 0.29) is 50.9 Å². The number of benzene rings is 1. The molecule has 1 heterocycles. The molecule has 4 N–H and O–H groups in total. The number of Topliss-reactive ketones (excluding diaryl/α,β-unsaturated/α-hetero) is 1. The SMILES string of the molecule is Cc1ncsc1-c1ccc(CNC(=O)[C@@H]2C[C@@H](O)CC2C(=O)[C@@H](NC(=O)COCCOCCOCCOCCNC(=O)OC(C)(C)C)C(C)(C)C)cc1. The van der Waals surface area contributed by atoms with Crippen molar-refractivity contribution in [2.45, 2.75) is 85.6 Å². The van der Waals surface area contributed by atoms with E-state index in [9.17, 15) is 24.3 Å². The summed E-state index contributed by atoms with van der Waals surface area (Å²) in [5.74, 6) is -2.49. The highest BCUT2D eigenvalue weighted by Gasteiger charge is 2.46. The molecule has 296 valence electrons. The molecule has 0 bridgehead atoms. The molecule has 15 heteroatoms. The van der Waals surface area contributed by atoms with Crippen LogP contribution in [0.5, 0.6) is 0 Å². The fourth-order valence-corrected chi connectivity index (χ4v) is 6.60. The Morgan fingerprint density at radius 2 is 1.43 bits per heavy atom. The highest BCUT2D eigenvalue weighted by molar-refractivity contribution is 7.13. The van der Waals surface area contributed by atoms with Gasteiger partial charge in [0.2, 0.25) is 11.8 Å². The van der Waals surface area contributed by atoms with E-state index in [1.165, 1.54) is 0 Å². The van der Waals surface area contributed by atoms with E-state index < -0.39 is 47.0 Å². The third-order valence-electron chi connectivity index (χ3n) is 8.39. The summed E-state index contributed by atoms with van der Waals surface area (Å²) >= 11 is 1.58. The number of ketones is 1.